The lowest BCUT2D eigenvalue weighted by Crippen LogP contribution is -2.36. The molecule has 0 aliphatic carbocycles. The molecule has 1 aromatic heterocycles. The number of aromatic nitrogens is 3. The molecule has 2 rings (SSSR count). The van der Waals surface area contributed by atoms with Gasteiger partial charge in [-0.05, 0) is 24.6 Å². The van der Waals surface area contributed by atoms with Gasteiger partial charge in [-0.15, -0.1) is 0 Å². The molecule has 0 spiro atoms. The summed E-state index contributed by atoms with van der Waals surface area (Å²) in [5.41, 5.74) is 0.0605. The van der Waals surface area contributed by atoms with Gasteiger partial charge in [0.05, 0.1) is 6.04 Å². The van der Waals surface area contributed by atoms with E-state index in [2.05, 4.69) is 5.10 Å². The van der Waals surface area contributed by atoms with Gasteiger partial charge in [-0.3, -0.25) is 9.36 Å². The number of hydrogen-bond acceptors (Lipinski definition) is 3. The Morgan fingerprint density at radius 3 is 2.59 bits per heavy atom. The van der Waals surface area contributed by atoms with Gasteiger partial charge in [0.25, 0.3) is 0 Å². The molecule has 6 nitrogen and oxygen atoms in total. The molecule has 0 saturated carbocycles. The Balaban J connectivity index is 2.14. The molecule has 1 atom stereocenters. The molecular weight excluding hydrogens is 294 g/mol. The lowest BCUT2D eigenvalue weighted by molar-refractivity contribution is -0.132. The summed E-state index contributed by atoms with van der Waals surface area (Å²) in [4.78, 5) is 25.2. The Labute approximate surface area is 125 Å². The quantitative estimate of drug-likeness (QED) is 0.849. The summed E-state index contributed by atoms with van der Waals surface area (Å²) in [7, 11) is 3.06. The molecule has 22 heavy (non-hydrogen) atoms. The summed E-state index contributed by atoms with van der Waals surface area (Å²) in [5.74, 6) is -2.27. The minimum Gasteiger partial charge on any atom is -0.337 e. The number of aryl methyl sites for hydroxylation is 1. The number of rotatable bonds is 4. The fourth-order valence-electron chi connectivity index (χ4n) is 1.98. The molecule has 0 bridgehead atoms. The van der Waals surface area contributed by atoms with E-state index in [1.807, 2.05) is 0 Å². The lowest BCUT2D eigenvalue weighted by Gasteiger charge is -2.25. The van der Waals surface area contributed by atoms with Crippen molar-refractivity contribution in [1.82, 2.24) is 19.2 Å². The molecule has 0 radical (unpaired) electrons. The first-order valence-electron chi connectivity index (χ1n) is 6.60. The summed E-state index contributed by atoms with van der Waals surface area (Å²) in [6, 6.07) is 3.02. The molecule has 0 saturated heterocycles. The van der Waals surface area contributed by atoms with Crippen molar-refractivity contribution in [3.63, 3.8) is 0 Å². The first-order chi connectivity index (χ1) is 10.3. The van der Waals surface area contributed by atoms with Crippen LogP contribution in [0.5, 0.6) is 0 Å². The maximum Gasteiger partial charge on any atom is 0.345 e. The van der Waals surface area contributed by atoms with Gasteiger partial charge in [-0.2, -0.15) is 5.10 Å². The van der Waals surface area contributed by atoms with Gasteiger partial charge in [-0.1, -0.05) is 6.07 Å². The maximum atomic E-state index is 13.3. The second kappa shape index (κ2) is 6.08. The van der Waals surface area contributed by atoms with Crippen molar-refractivity contribution in [2.45, 2.75) is 19.5 Å². The van der Waals surface area contributed by atoms with Crippen molar-refractivity contribution in [2.24, 2.45) is 7.05 Å². The third kappa shape index (κ3) is 3.05. The van der Waals surface area contributed by atoms with Gasteiger partial charge in [-0.25, -0.2) is 18.3 Å². The molecule has 1 aromatic carbocycles. The Morgan fingerprint density at radius 2 is 2.05 bits per heavy atom. The zero-order valence-corrected chi connectivity index (χ0v) is 12.5. The van der Waals surface area contributed by atoms with E-state index in [1.165, 1.54) is 36.0 Å². The van der Waals surface area contributed by atoms with Crippen LogP contribution in [0.3, 0.4) is 0 Å². The third-order valence-corrected chi connectivity index (χ3v) is 3.57. The summed E-state index contributed by atoms with van der Waals surface area (Å²) in [6.45, 7) is 1.47. The van der Waals surface area contributed by atoms with E-state index < -0.39 is 23.4 Å². The smallest absolute Gasteiger partial charge is 0.337 e. The van der Waals surface area contributed by atoms with Crippen LogP contribution in [0.1, 0.15) is 18.5 Å². The number of benzene rings is 1. The first kappa shape index (κ1) is 15.9. The van der Waals surface area contributed by atoms with Crippen LogP contribution in [-0.4, -0.2) is 32.2 Å². The highest BCUT2D eigenvalue weighted by molar-refractivity contribution is 5.76. The molecule has 118 valence electrons. The van der Waals surface area contributed by atoms with E-state index >= 15 is 0 Å². The van der Waals surface area contributed by atoms with Crippen molar-refractivity contribution in [2.75, 3.05) is 7.05 Å². The molecule has 1 amide bonds. The van der Waals surface area contributed by atoms with E-state index in [0.29, 0.717) is 5.56 Å². The van der Waals surface area contributed by atoms with Gasteiger partial charge >= 0.3 is 5.69 Å². The minimum atomic E-state index is -0.967. The van der Waals surface area contributed by atoms with E-state index in [1.54, 1.807) is 6.92 Å². The highest BCUT2D eigenvalue weighted by Gasteiger charge is 2.20. The number of nitrogens with zero attached hydrogens (tertiary/aromatic N) is 4. The predicted molar refractivity (Wildman–Crippen MR) is 75.0 cm³/mol. The zero-order chi connectivity index (χ0) is 16.4. The molecule has 0 aliphatic heterocycles. The number of hydrogen-bond donors (Lipinski definition) is 0. The Kier molecular flexibility index (Phi) is 4.39. The largest absolute Gasteiger partial charge is 0.345 e. The van der Waals surface area contributed by atoms with Crippen LogP contribution in [0.25, 0.3) is 0 Å². The van der Waals surface area contributed by atoms with Gasteiger partial charge in [0.15, 0.2) is 11.6 Å². The van der Waals surface area contributed by atoms with Crippen LogP contribution >= 0.6 is 0 Å². The average molecular weight is 310 g/mol. The van der Waals surface area contributed by atoms with Gasteiger partial charge in [0, 0.05) is 14.1 Å². The topological polar surface area (TPSA) is 60.1 Å². The van der Waals surface area contributed by atoms with Gasteiger partial charge in [0.1, 0.15) is 12.9 Å². The van der Waals surface area contributed by atoms with Crippen molar-refractivity contribution in [3.05, 3.63) is 52.2 Å². The van der Waals surface area contributed by atoms with Crippen molar-refractivity contribution >= 4 is 5.91 Å². The van der Waals surface area contributed by atoms with E-state index in [9.17, 15) is 18.4 Å². The number of amides is 1. The molecule has 0 aliphatic rings. The molecule has 2 aromatic rings. The zero-order valence-electron chi connectivity index (χ0n) is 12.5. The van der Waals surface area contributed by atoms with Crippen LogP contribution in [0.2, 0.25) is 0 Å². The number of carbonyl (C=O) groups excluding carboxylic acids is 1. The molecule has 0 N–H and O–H groups in total. The van der Waals surface area contributed by atoms with Crippen molar-refractivity contribution in [3.8, 4) is 0 Å². The summed E-state index contributed by atoms with van der Waals surface area (Å²) < 4.78 is 28.5. The second-order valence-corrected chi connectivity index (χ2v) is 5.04. The molecule has 1 heterocycles. The number of carbonyl (C=O) groups is 1. The van der Waals surface area contributed by atoms with Crippen LogP contribution in [0.4, 0.5) is 8.78 Å². The highest BCUT2D eigenvalue weighted by atomic mass is 19.2. The standard InChI is InChI=1S/C14H16F2N4O2/c1-9(10-4-5-11(15)12(16)6-10)19(3)13(21)7-20-14(22)18(2)8-17-20/h4-6,8-9H,7H2,1-3H3/t9-/m0/s1. The first-order valence-corrected chi connectivity index (χ1v) is 6.60. The monoisotopic (exact) mass is 310 g/mol. The summed E-state index contributed by atoms with van der Waals surface area (Å²) in [5, 5.41) is 3.81. The normalized spacial score (nSPS) is 12.2. The molecule has 0 unspecified atom stereocenters. The van der Waals surface area contributed by atoms with E-state index in [-0.39, 0.29) is 12.5 Å². The van der Waals surface area contributed by atoms with Gasteiger partial charge in [0.2, 0.25) is 5.91 Å². The Morgan fingerprint density at radius 1 is 1.36 bits per heavy atom. The molecule has 0 fully saturated rings. The third-order valence-electron chi connectivity index (χ3n) is 3.57. The van der Waals surface area contributed by atoms with Crippen LogP contribution in [0.15, 0.2) is 29.3 Å². The van der Waals surface area contributed by atoms with Crippen LogP contribution in [-0.2, 0) is 18.4 Å². The average Bonchev–Trinajstić information content (AvgIpc) is 2.80. The van der Waals surface area contributed by atoms with Crippen molar-refractivity contribution in [1.29, 1.82) is 0 Å². The molecule has 8 heteroatoms. The number of likely N-dealkylation sites (N-methyl/N-ethyl adjacent to an activating group) is 1. The van der Waals surface area contributed by atoms with E-state index in [0.717, 1.165) is 16.8 Å². The SMILES string of the molecule is C[C@@H](c1ccc(F)c(F)c1)N(C)C(=O)Cn1ncn(C)c1=O. The highest BCUT2D eigenvalue weighted by Crippen LogP contribution is 2.21. The fourth-order valence-corrected chi connectivity index (χ4v) is 1.98. The minimum absolute atomic E-state index is 0.218. The van der Waals surface area contributed by atoms with Gasteiger partial charge < -0.3 is 4.90 Å². The fraction of sp³-hybridized carbons (Fsp3) is 0.357. The second-order valence-electron chi connectivity index (χ2n) is 5.04. The van der Waals surface area contributed by atoms with E-state index in [4.69, 9.17) is 0 Å². The Hall–Kier alpha value is -2.51. The predicted octanol–water partition coefficient (Wildman–Crippen LogP) is 1.08. The van der Waals surface area contributed by atoms with Crippen LogP contribution < -0.4 is 5.69 Å². The summed E-state index contributed by atoms with van der Waals surface area (Å²) >= 11 is 0. The molecular formula is C14H16F2N4O2. The summed E-state index contributed by atoms with van der Waals surface area (Å²) in [6.07, 6.45) is 1.31. The van der Waals surface area contributed by atoms with Crippen molar-refractivity contribution < 1.29 is 13.6 Å². The maximum absolute atomic E-state index is 13.3. The lowest BCUT2D eigenvalue weighted by atomic mass is 10.1. The van der Waals surface area contributed by atoms with Crippen LogP contribution in [0, 0.1) is 11.6 Å². The Bertz CT molecular complexity index is 754. The number of halogens is 2.